The van der Waals surface area contributed by atoms with Crippen LogP contribution in [0.1, 0.15) is 48.2 Å². The molecule has 3 heterocycles. The molecule has 0 aliphatic heterocycles. The van der Waals surface area contributed by atoms with Crippen molar-refractivity contribution in [2.45, 2.75) is 45.2 Å². The van der Waals surface area contributed by atoms with Crippen LogP contribution in [0.2, 0.25) is 0 Å². The van der Waals surface area contributed by atoms with Crippen molar-refractivity contribution in [1.82, 2.24) is 39.7 Å². The minimum absolute atomic E-state index is 0.134. The molecule has 9 heteroatoms. The molecule has 3 aromatic heterocycles. The second-order valence-corrected chi connectivity index (χ2v) is 6.98. The predicted molar refractivity (Wildman–Crippen MR) is 93.2 cm³/mol. The Morgan fingerprint density at radius 3 is 2.96 bits per heavy atom. The number of rotatable bonds is 5. The van der Waals surface area contributed by atoms with Gasteiger partial charge in [0.25, 0.3) is 5.91 Å². The number of carbonyl (C=O) groups is 1. The lowest BCUT2D eigenvalue weighted by Gasteiger charge is -2.20. The summed E-state index contributed by atoms with van der Waals surface area (Å²) in [5.74, 6) is 0.559. The molecular weight excluding hydrogens is 332 g/mol. The third-order valence-corrected chi connectivity index (χ3v) is 4.91. The van der Waals surface area contributed by atoms with Crippen molar-refractivity contribution < 1.29 is 4.79 Å². The molecule has 136 valence electrons. The second kappa shape index (κ2) is 7.19. The summed E-state index contributed by atoms with van der Waals surface area (Å²) < 4.78 is 3.43. The molecule has 0 unspecified atom stereocenters. The Labute approximate surface area is 151 Å². The molecule has 4 rings (SSSR count). The summed E-state index contributed by atoms with van der Waals surface area (Å²) in [5, 5.41) is 20.3. The Bertz CT molecular complexity index is 895. The van der Waals surface area contributed by atoms with E-state index in [1.807, 2.05) is 10.9 Å². The zero-order valence-corrected chi connectivity index (χ0v) is 14.8. The maximum atomic E-state index is 12.6. The molecule has 0 aromatic carbocycles. The predicted octanol–water partition coefficient (Wildman–Crippen LogP) is 1.57. The molecule has 1 fully saturated rings. The zero-order chi connectivity index (χ0) is 17.9. The van der Waals surface area contributed by atoms with E-state index >= 15 is 0 Å². The summed E-state index contributed by atoms with van der Waals surface area (Å²) in [4.78, 5) is 14.2. The highest BCUT2D eigenvalue weighted by Gasteiger charge is 2.17. The van der Waals surface area contributed by atoms with Gasteiger partial charge in [0, 0.05) is 13.6 Å². The van der Waals surface area contributed by atoms with Gasteiger partial charge in [0.2, 0.25) is 0 Å². The number of carbonyl (C=O) groups excluding carboxylic acids is 1. The summed E-state index contributed by atoms with van der Waals surface area (Å²) in [7, 11) is 1.75. The van der Waals surface area contributed by atoms with Gasteiger partial charge in [0.1, 0.15) is 12.0 Å². The van der Waals surface area contributed by atoms with Gasteiger partial charge < -0.3 is 4.90 Å². The minimum Gasteiger partial charge on any atom is -0.336 e. The molecule has 1 aliphatic rings. The average Bonchev–Trinajstić information content (AvgIpc) is 3.30. The number of aromatic nitrogens is 7. The third-order valence-electron chi connectivity index (χ3n) is 4.91. The van der Waals surface area contributed by atoms with Crippen molar-refractivity contribution in [3.8, 4) is 0 Å². The Hall–Kier alpha value is -2.84. The molecule has 0 atom stereocenters. The smallest absolute Gasteiger partial charge is 0.255 e. The lowest BCUT2D eigenvalue weighted by Crippen LogP contribution is -2.26. The molecular formula is C17H22N8O. The van der Waals surface area contributed by atoms with Gasteiger partial charge in [-0.2, -0.15) is 5.10 Å². The van der Waals surface area contributed by atoms with Crippen molar-refractivity contribution in [3.63, 3.8) is 0 Å². The summed E-state index contributed by atoms with van der Waals surface area (Å²) in [6.07, 6.45) is 11.5. The van der Waals surface area contributed by atoms with Gasteiger partial charge >= 0.3 is 0 Å². The lowest BCUT2D eigenvalue weighted by molar-refractivity contribution is 0.0783. The molecule has 0 saturated heterocycles. The average molecular weight is 354 g/mol. The van der Waals surface area contributed by atoms with Gasteiger partial charge in [0.05, 0.1) is 24.5 Å². The Morgan fingerprint density at radius 2 is 2.12 bits per heavy atom. The van der Waals surface area contributed by atoms with E-state index in [0.29, 0.717) is 23.7 Å². The first kappa shape index (κ1) is 16.6. The van der Waals surface area contributed by atoms with Gasteiger partial charge in [0.15, 0.2) is 5.65 Å². The lowest BCUT2D eigenvalue weighted by atomic mass is 9.89. The van der Waals surface area contributed by atoms with Crippen molar-refractivity contribution in [2.24, 2.45) is 5.92 Å². The normalized spacial score (nSPS) is 15.4. The second-order valence-electron chi connectivity index (χ2n) is 6.98. The molecule has 0 bridgehead atoms. The highest BCUT2D eigenvalue weighted by Crippen LogP contribution is 2.24. The van der Waals surface area contributed by atoms with Gasteiger partial charge in [-0.3, -0.25) is 9.48 Å². The summed E-state index contributed by atoms with van der Waals surface area (Å²) in [5.41, 5.74) is 1.80. The van der Waals surface area contributed by atoms with E-state index in [2.05, 4.69) is 25.6 Å². The van der Waals surface area contributed by atoms with Crippen LogP contribution in [-0.4, -0.2) is 52.7 Å². The Balaban J connectivity index is 1.39. The molecule has 3 aromatic rings. The fraction of sp³-hybridized carbons (Fsp3) is 0.529. The maximum absolute atomic E-state index is 12.6. The van der Waals surface area contributed by atoms with Crippen molar-refractivity contribution >= 4 is 11.6 Å². The Kier molecular flexibility index (Phi) is 4.59. The molecule has 1 amide bonds. The minimum atomic E-state index is -0.134. The number of hydrogen-bond donors (Lipinski definition) is 0. The fourth-order valence-electron chi connectivity index (χ4n) is 3.51. The molecule has 1 aliphatic carbocycles. The maximum Gasteiger partial charge on any atom is 0.255 e. The monoisotopic (exact) mass is 354 g/mol. The standard InChI is InChI=1S/C17H22N8O/c1-23(17(26)14-7-16-21-18-12-25(16)19-8-14)10-15-11-24(22-20-15)9-13-5-3-2-4-6-13/h7-8,11-13H,2-6,9-10H2,1H3. The van der Waals surface area contributed by atoms with E-state index in [1.165, 1.54) is 49.1 Å². The fourth-order valence-corrected chi connectivity index (χ4v) is 3.51. The summed E-state index contributed by atoms with van der Waals surface area (Å²) >= 11 is 0. The van der Waals surface area contributed by atoms with Crippen LogP contribution in [0.4, 0.5) is 0 Å². The van der Waals surface area contributed by atoms with Crippen LogP contribution >= 0.6 is 0 Å². The van der Waals surface area contributed by atoms with E-state index in [-0.39, 0.29) is 5.91 Å². The first-order chi connectivity index (χ1) is 12.7. The van der Waals surface area contributed by atoms with E-state index in [1.54, 1.807) is 18.0 Å². The van der Waals surface area contributed by atoms with E-state index in [0.717, 1.165) is 12.2 Å². The van der Waals surface area contributed by atoms with Crippen LogP contribution in [0.5, 0.6) is 0 Å². The highest BCUT2D eigenvalue weighted by molar-refractivity contribution is 5.94. The summed E-state index contributed by atoms with van der Waals surface area (Å²) in [6.45, 7) is 1.32. The SMILES string of the molecule is CN(Cc1cn(CC2CCCCC2)nn1)C(=O)c1cnn2cnnc2c1. The first-order valence-electron chi connectivity index (χ1n) is 8.99. The van der Waals surface area contributed by atoms with Crippen LogP contribution in [0.15, 0.2) is 24.8 Å². The molecule has 0 radical (unpaired) electrons. The van der Waals surface area contributed by atoms with Gasteiger partial charge in [-0.05, 0) is 24.8 Å². The molecule has 0 N–H and O–H groups in total. The number of fused-ring (bicyclic) bond motifs is 1. The first-order valence-corrected chi connectivity index (χ1v) is 8.99. The van der Waals surface area contributed by atoms with Crippen molar-refractivity contribution in [1.29, 1.82) is 0 Å². The van der Waals surface area contributed by atoms with Crippen molar-refractivity contribution in [2.75, 3.05) is 7.05 Å². The molecule has 1 saturated carbocycles. The topological polar surface area (TPSA) is 94.1 Å². The number of nitrogens with zero attached hydrogens (tertiary/aromatic N) is 8. The zero-order valence-electron chi connectivity index (χ0n) is 14.8. The molecule has 26 heavy (non-hydrogen) atoms. The Morgan fingerprint density at radius 1 is 1.27 bits per heavy atom. The number of amides is 1. The molecule has 0 spiro atoms. The van der Waals surface area contributed by atoms with E-state index in [9.17, 15) is 4.79 Å². The van der Waals surface area contributed by atoms with Crippen molar-refractivity contribution in [3.05, 3.63) is 36.0 Å². The number of hydrogen-bond acceptors (Lipinski definition) is 6. The van der Waals surface area contributed by atoms with Crippen LogP contribution in [0, 0.1) is 5.92 Å². The van der Waals surface area contributed by atoms with Crippen LogP contribution in [-0.2, 0) is 13.1 Å². The van der Waals surface area contributed by atoms with Crippen LogP contribution in [0.25, 0.3) is 5.65 Å². The van der Waals surface area contributed by atoms with E-state index < -0.39 is 0 Å². The van der Waals surface area contributed by atoms with Crippen LogP contribution in [0.3, 0.4) is 0 Å². The van der Waals surface area contributed by atoms with Gasteiger partial charge in [-0.1, -0.05) is 24.5 Å². The quantitative estimate of drug-likeness (QED) is 0.690. The van der Waals surface area contributed by atoms with E-state index in [4.69, 9.17) is 0 Å². The highest BCUT2D eigenvalue weighted by atomic mass is 16.2. The molecule has 9 nitrogen and oxygen atoms in total. The van der Waals surface area contributed by atoms with Crippen LogP contribution < -0.4 is 0 Å². The van der Waals surface area contributed by atoms with Gasteiger partial charge in [-0.25, -0.2) is 4.52 Å². The summed E-state index contributed by atoms with van der Waals surface area (Å²) in [6, 6.07) is 1.68. The largest absolute Gasteiger partial charge is 0.336 e. The third kappa shape index (κ3) is 3.56. The van der Waals surface area contributed by atoms with Gasteiger partial charge in [-0.15, -0.1) is 15.3 Å².